The van der Waals surface area contributed by atoms with Crippen LogP contribution in [0.1, 0.15) is 24.5 Å². The number of methoxy groups -OCH3 is 2. The lowest BCUT2D eigenvalue weighted by atomic mass is 10.0. The van der Waals surface area contributed by atoms with Gasteiger partial charge < -0.3 is 19.7 Å². The minimum absolute atomic E-state index is 0.127. The van der Waals surface area contributed by atoms with E-state index in [2.05, 4.69) is 5.32 Å². The monoisotopic (exact) mass is 635 g/mol. The highest BCUT2D eigenvalue weighted by atomic mass is 35.5. The van der Waals surface area contributed by atoms with Gasteiger partial charge >= 0.3 is 0 Å². The van der Waals surface area contributed by atoms with Gasteiger partial charge in [-0.25, -0.2) is 8.42 Å². The third kappa shape index (κ3) is 8.53. The summed E-state index contributed by atoms with van der Waals surface area (Å²) in [6, 6.07) is 17.8. The van der Waals surface area contributed by atoms with E-state index in [1.165, 1.54) is 31.3 Å². The Bertz CT molecular complexity index is 1470. The lowest BCUT2D eigenvalue weighted by Gasteiger charge is -2.34. The van der Waals surface area contributed by atoms with Gasteiger partial charge in [0.2, 0.25) is 21.8 Å². The molecule has 1 N–H and O–H groups in total. The molecule has 0 heterocycles. The van der Waals surface area contributed by atoms with E-state index in [4.69, 9.17) is 32.7 Å². The number of nitrogens with one attached hydrogen (secondary N) is 1. The Balaban J connectivity index is 2.11. The molecule has 9 nitrogen and oxygen atoms in total. The number of ether oxygens (including phenoxy) is 2. The first-order chi connectivity index (χ1) is 20.0. The van der Waals surface area contributed by atoms with Crippen molar-refractivity contribution in [2.75, 3.05) is 37.9 Å². The fourth-order valence-electron chi connectivity index (χ4n) is 4.37. The molecule has 0 aliphatic rings. The Morgan fingerprint density at radius 3 is 2.14 bits per heavy atom. The number of halogens is 2. The van der Waals surface area contributed by atoms with Crippen molar-refractivity contribution < 1.29 is 27.5 Å². The van der Waals surface area contributed by atoms with E-state index in [0.717, 1.165) is 16.1 Å². The molecule has 0 aliphatic heterocycles. The zero-order chi connectivity index (χ0) is 30.9. The van der Waals surface area contributed by atoms with Gasteiger partial charge in [-0.05, 0) is 36.2 Å². The summed E-state index contributed by atoms with van der Waals surface area (Å²) in [7, 11) is -1.07. The summed E-state index contributed by atoms with van der Waals surface area (Å²) in [5.74, 6) is -0.323. The molecule has 42 heavy (non-hydrogen) atoms. The Kier molecular flexibility index (Phi) is 11.9. The molecule has 3 rings (SSSR count). The molecule has 0 spiro atoms. The van der Waals surface area contributed by atoms with Gasteiger partial charge in [0.15, 0.2) is 11.5 Å². The molecule has 2 amide bonds. The summed E-state index contributed by atoms with van der Waals surface area (Å²) in [6.45, 7) is 1.60. The molecular formula is C30H35Cl2N3O6S. The molecule has 12 heteroatoms. The number of amides is 2. The van der Waals surface area contributed by atoms with Crippen LogP contribution < -0.4 is 19.1 Å². The van der Waals surface area contributed by atoms with Gasteiger partial charge in [-0.2, -0.15) is 0 Å². The highest BCUT2D eigenvalue weighted by Crippen LogP contribution is 2.33. The molecule has 1 atom stereocenters. The van der Waals surface area contributed by atoms with Crippen molar-refractivity contribution in [2.24, 2.45) is 0 Å². The number of carbonyl (C=O) groups is 2. The topological polar surface area (TPSA) is 105 Å². The standard InChI is InChI=1S/C30H35Cl2N3O6S/c1-5-16-33-30(37)26(17-21-10-7-6-8-11-21)34(19-23-24(31)12-9-13-25(23)32)29(36)20-35(42(4,38)39)22-14-15-27(40-2)28(18-22)41-3/h6-15,18,26H,5,16-17,19-20H2,1-4H3,(H,33,37)/t26-/m0/s1. The number of rotatable bonds is 14. The molecule has 0 aromatic heterocycles. The van der Waals surface area contributed by atoms with Crippen LogP contribution in [0.5, 0.6) is 11.5 Å². The van der Waals surface area contributed by atoms with E-state index in [1.54, 1.807) is 24.3 Å². The molecular weight excluding hydrogens is 601 g/mol. The van der Waals surface area contributed by atoms with Gasteiger partial charge in [0.1, 0.15) is 12.6 Å². The van der Waals surface area contributed by atoms with Gasteiger partial charge in [0.05, 0.1) is 26.2 Å². The van der Waals surface area contributed by atoms with Gasteiger partial charge in [-0.15, -0.1) is 0 Å². The number of sulfonamides is 1. The van der Waals surface area contributed by atoms with Crippen molar-refractivity contribution >= 4 is 50.7 Å². The van der Waals surface area contributed by atoms with Crippen molar-refractivity contribution in [2.45, 2.75) is 32.4 Å². The maximum absolute atomic E-state index is 14.2. The molecule has 0 bridgehead atoms. The molecule has 3 aromatic rings. The van der Waals surface area contributed by atoms with E-state index >= 15 is 0 Å². The third-order valence-electron chi connectivity index (χ3n) is 6.54. The zero-order valence-electron chi connectivity index (χ0n) is 24.0. The molecule has 0 radical (unpaired) electrons. The van der Waals surface area contributed by atoms with Gasteiger partial charge in [0.25, 0.3) is 0 Å². The number of nitrogens with zero attached hydrogens (tertiary/aromatic N) is 2. The molecule has 226 valence electrons. The lowest BCUT2D eigenvalue weighted by Crippen LogP contribution is -2.53. The summed E-state index contributed by atoms with van der Waals surface area (Å²) in [6.07, 6.45) is 1.87. The first kappa shape index (κ1) is 33.0. The maximum Gasteiger partial charge on any atom is 0.244 e. The SMILES string of the molecule is CCCNC(=O)[C@H](Cc1ccccc1)N(Cc1c(Cl)cccc1Cl)C(=O)CN(c1ccc(OC)c(OC)c1)S(C)(=O)=O. The zero-order valence-corrected chi connectivity index (χ0v) is 26.3. The lowest BCUT2D eigenvalue weighted by molar-refractivity contribution is -0.140. The summed E-state index contributed by atoms with van der Waals surface area (Å²) in [4.78, 5) is 29.1. The fourth-order valence-corrected chi connectivity index (χ4v) is 5.73. The highest BCUT2D eigenvalue weighted by molar-refractivity contribution is 7.92. The molecule has 0 saturated heterocycles. The predicted octanol–water partition coefficient (Wildman–Crippen LogP) is 4.94. The van der Waals surface area contributed by atoms with Gasteiger partial charge in [0, 0.05) is 41.2 Å². The molecule has 0 aliphatic carbocycles. The Labute approximate surface area is 257 Å². The average molecular weight is 637 g/mol. The first-order valence-corrected chi connectivity index (χ1v) is 15.8. The second kappa shape index (κ2) is 15.1. The fraction of sp³-hybridized carbons (Fsp3) is 0.333. The van der Waals surface area contributed by atoms with E-state index in [9.17, 15) is 18.0 Å². The summed E-state index contributed by atoms with van der Waals surface area (Å²) >= 11 is 13.0. The normalized spacial score (nSPS) is 11.9. The van der Waals surface area contributed by atoms with Crippen LogP contribution in [0.2, 0.25) is 10.0 Å². The Morgan fingerprint density at radius 2 is 1.57 bits per heavy atom. The van der Waals surface area contributed by atoms with Crippen molar-refractivity contribution in [3.63, 3.8) is 0 Å². The highest BCUT2D eigenvalue weighted by Gasteiger charge is 2.34. The van der Waals surface area contributed by atoms with Crippen LogP contribution in [0.3, 0.4) is 0 Å². The minimum Gasteiger partial charge on any atom is -0.493 e. The van der Waals surface area contributed by atoms with Crippen molar-refractivity contribution in [1.82, 2.24) is 10.2 Å². The maximum atomic E-state index is 14.2. The van der Waals surface area contributed by atoms with E-state index in [0.29, 0.717) is 34.3 Å². The largest absolute Gasteiger partial charge is 0.493 e. The number of benzene rings is 3. The minimum atomic E-state index is -3.96. The van der Waals surface area contributed by atoms with E-state index < -0.39 is 28.5 Å². The van der Waals surface area contributed by atoms with Crippen LogP contribution in [0.25, 0.3) is 0 Å². The summed E-state index contributed by atoms with van der Waals surface area (Å²) in [5.41, 5.74) is 1.44. The van der Waals surface area contributed by atoms with Crippen LogP contribution in [0, 0.1) is 0 Å². The summed E-state index contributed by atoms with van der Waals surface area (Å²) < 4.78 is 37.6. The molecule has 0 saturated carbocycles. The smallest absolute Gasteiger partial charge is 0.244 e. The van der Waals surface area contributed by atoms with Crippen molar-refractivity contribution in [3.8, 4) is 11.5 Å². The molecule has 0 fully saturated rings. The van der Waals surface area contributed by atoms with Crippen LogP contribution in [0.15, 0.2) is 66.7 Å². The van der Waals surface area contributed by atoms with Crippen LogP contribution in [-0.2, 0) is 32.6 Å². The first-order valence-electron chi connectivity index (χ1n) is 13.2. The van der Waals surface area contributed by atoms with Crippen molar-refractivity contribution in [1.29, 1.82) is 0 Å². The second-order valence-electron chi connectivity index (χ2n) is 9.53. The average Bonchev–Trinajstić information content (AvgIpc) is 2.97. The van der Waals surface area contributed by atoms with E-state index in [-0.39, 0.29) is 30.3 Å². The molecule has 3 aromatic carbocycles. The summed E-state index contributed by atoms with van der Waals surface area (Å²) in [5, 5.41) is 3.51. The predicted molar refractivity (Wildman–Crippen MR) is 166 cm³/mol. The molecule has 0 unspecified atom stereocenters. The number of hydrogen-bond acceptors (Lipinski definition) is 6. The van der Waals surface area contributed by atoms with Crippen LogP contribution in [0.4, 0.5) is 5.69 Å². The van der Waals surface area contributed by atoms with Crippen molar-refractivity contribution in [3.05, 3.63) is 87.9 Å². The van der Waals surface area contributed by atoms with Gasteiger partial charge in [-0.1, -0.05) is 66.5 Å². The van der Waals surface area contributed by atoms with Crippen LogP contribution >= 0.6 is 23.2 Å². The number of carbonyl (C=O) groups excluding carboxylic acids is 2. The quantitative estimate of drug-likeness (QED) is 0.269. The number of anilines is 1. The number of hydrogen-bond donors (Lipinski definition) is 1. The second-order valence-corrected chi connectivity index (χ2v) is 12.2. The van der Waals surface area contributed by atoms with Crippen LogP contribution in [-0.4, -0.2) is 64.7 Å². The third-order valence-corrected chi connectivity index (χ3v) is 8.39. The Hall–Kier alpha value is -3.47. The Morgan fingerprint density at radius 1 is 0.929 bits per heavy atom. The van der Waals surface area contributed by atoms with Gasteiger partial charge in [-0.3, -0.25) is 13.9 Å². The van der Waals surface area contributed by atoms with E-state index in [1.807, 2.05) is 37.3 Å².